The van der Waals surface area contributed by atoms with E-state index in [1.165, 1.54) is 13.2 Å². The molecule has 3 rings (SSSR count). The van der Waals surface area contributed by atoms with Gasteiger partial charge in [-0.3, -0.25) is 4.65 Å². The van der Waals surface area contributed by atoms with Gasteiger partial charge >= 0.3 is 6.18 Å². The lowest BCUT2D eigenvalue weighted by Crippen LogP contribution is -2.35. The molecule has 6 heteroatoms. The third-order valence-corrected chi connectivity index (χ3v) is 3.97. The lowest BCUT2D eigenvalue weighted by Gasteiger charge is -2.38. The predicted molar refractivity (Wildman–Crippen MR) is 77.8 cm³/mol. The Bertz CT molecular complexity index is 715. The van der Waals surface area contributed by atoms with Crippen molar-refractivity contribution in [3.63, 3.8) is 0 Å². The highest BCUT2D eigenvalue weighted by molar-refractivity contribution is 5.68. The Balaban J connectivity index is 2.12. The molecule has 1 heterocycles. The molecule has 1 atom stereocenters. The Labute approximate surface area is 125 Å². The molecule has 22 heavy (non-hydrogen) atoms. The van der Waals surface area contributed by atoms with Crippen molar-refractivity contribution in [3.05, 3.63) is 58.8 Å². The molecule has 0 bridgehead atoms. The highest BCUT2D eigenvalue weighted by Crippen LogP contribution is 2.44. The molecule has 116 valence electrons. The molecule has 0 fully saturated rings. The monoisotopic (exact) mass is 309 g/mol. The first-order valence-electron chi connectivity index (χ1n) is 6.79. The van der Waals surface area contributed by atoms with Crippen molar-refractivity contribution in [2.75, 3.05) is 13.7 Å². The molecule has 0 saturated heterocycles. The number of rotatable bonds is 2. The SMILES string of the molecule is COc1cccc([N+]2([O-])CCc3ccc(C(F)(F)F)cc32)c1. The van der Waals surface area contributed by atoms with Crippen LogP contribution in [0.1, 0.15) is 11.1 Å². The van der Waals surface area contributed by atoms with E-state index in [4.69, 9.17) is 4.74 Å². The van der Waals surface area contributed by atoms with Crippen molar-refractivity contribution in [1.29, 1.82) is 0 Å². The summed E-state index contributed by atoms with van der Waals surface area (Å²) in [4.78, 5) is 0. The third kappa shape index (κ3) is 2.34. The lowest BCUT2D eigenvalue weighted by atomic mass is 10.1. The molecule has 0 saturated carbocycles. The highest BCUT2D eigenvalue weighted by atomic mass is 19.4. The van der Waals surface area contributed by atoms with Gasteiger partial charge in [-0.2, -0.15) is 13.2 Å². The number of hydrogen-bond acceptors (Lipinski definition) is 2. The van der Waals surface area contributed by atoms with E-state index < -0.39 is 16.4 Å². The molecule has 3 nitrogen and oxygen atoms in total. The summed E-state index contributed by atoms with van der Waals surface area (Å²) >= 11 is 0. The molecule has 1 unspecified atom stereocenters. The van der Waals surface area contributed by atoms with Crippen LogP contribution >= 0.6 is 0 Å². The van der Waals surface area contributed by atoms with Crippen molar-refractivity contribution >= 4 is 11.4 Å². The maximum absolute atomic E-state index is 13.2. The first-order chi connectivity index (χ1) is 10.3. The van der Waals surface area contributed by atoms with Gasteiger partial charge in [0.25, 0.3) is 0 Å². The summed E-state index contributed by atoms with van der Waals surface area (Å²) in [6.07, 6.45) is -4.01. The number of fused-ring (bicyclic) bond motifs is 1. The van der Waals surface area contributed by atoms with Gasteiger partial charge in [0.05, 0.1) is 19.2 Å². The van der Waals surface area contributed by atoms with Crippen LogP contribution in [-0.4, -0.2) is 13.7 Å². The Morgan fingerprint density at radius 3 is 2.59 bits per heavy atom. The normalized spacial score (nSPS) is 20.8. The van der Waals surface area contributed by atoms with Gasteiger partial charge in [0, 0.05) is 30.2 Å². The van der Waals surface area contributed by atoms with Gasteiger partial charge in [0.2, 0.25) is 0 Å². The number of methoxy groups -OCH3 is 1. The second-order valence-electron chi connectivity index (χ2n) is 5.26. The van der Waals surface area contributed by atoms with E-state index in [1.54, 1.807) is 24.3 Å². The number of hydrogen-bond donors (Lipinski definition) is 0. The maximum Gasteiger partial charge on any atom is 0.416 e. The van der Waals surface area contributed by atoms with Gasteiger partial charge in [-0.15, -0.1) is 0 Å². The number of quaternary nitrogens is 1. The fraction of sp³-hybridized carbons (Fsp3) is 0.250. The summed E-state index contributed by atoms with van der Waals surface area (Å²) in [5, 5.41) is 13.2. The summed E-state index contributed by atoms with van der Waals surface area (Å²) in [7, 11) is 1.48. The predicted octanol–water partition coefficient (Wildman–Crippen LogP) is 4.41. The minimum atomic E-state index is -4.46. The molecule has 2 aromatic carbocycles. The van der Waals surface area contributed by atoms with Crippen molar-refractivity contribution in [2.45, 2.75) is 12.6 Å². The van der Waals surface area contributed by atoms with E-state index in [2.05, 4.69) is 0 Å². The zero-order valence-electron chi connectivity index (χ0n) is 11.9. The van der Waals surface area contributed by atoms with Crippen molar-refractivity contribution in [1.82, 2.24) is 4.65 Å². The Kier molecular flexibility index (Phi) is 3.38. The molecular formula is C16H14F3NO2. The van der Waals surface area contributed by atoms with Crippen LogP contribution < -0.4 is 9.38 Å². The number of ether oxygens (including phenoxy) is 1. The third-order valence-electron chi connectivity index (χ3n) is 3.97. The van der Waals surface area contributed by atoms with Crippen LogP contribution in [0.25, 0.3) is 0 Å². The maximum atomic E-state index is 13.2. The zero-order valence-corrected chi connectivity index (χ0v) is 11.9. The summed E-state index contributed by atoms with van der Waals surface area (Å²) in [6, 6.07) is 9.94. The van der Waals surface area contributed by atoms with E-state index in [0.29, 0.717) is 23.4 Å². The van der Waals surface area contributed by atoms with Gasteiger partial charge in [-0.05, 0) is 12.1 Å². The average Bonchev–Trinajstić information content (AvgIpc) is 2.85. The van der Waals surface area contributed by atoms with E-state index in [-0.39, 0.29) is 12.2 Å². The Morgan fingerprint density at radius 1 is 1.14 bits per heavy atom. The molecule has 0 N–H and O–H groups in total. The smallest absolute Gasteiger partial charge is 0.416 e. The molecule has 1 aliphatic heterocycles. The second-order valence-corrected chi connectivity index (χ2v) is 5.26. The van der Waals surface area contributed by atoms with Crippen LogP contribution in [0, 0.1) is 5.21 Å². The van der Waals surface area contributed by atoms with Crippen molar-refractivity contribution in [3.8, 4) is 5.75 Å². The van der Waals surface area contributed by atoms with E-state index in [0.717, 1.165) is 12.1 Å². The van der Waals surface area contributed by atoms with Crippen LogP contribution in [0.3, 0.4) is 0 Å². The van der Waals surface area contributed by atoms with Gasteiger partial charge < -0.3 is 9.94 Å². The van der Waals surface area contributed by atoms with Crippen LogP contribution in [0.15, 0.2) is 42.5 Å². The molecule has 0 spiro atoms. The quantitative estimate of drug-likeness (QED) is 0.608. The minimum Gasteiger partial charge on any atom is -0.622 e. The summed E-state index contributed by atoms with van der Waals surface area (Å²) < 4.78 is 42.9. The van der Waals surface area contributed by atoms with Crippen LogP contribution in [0.5, 0.6) is 5.75 Å². The van der Waals surface area contributed by atoms with E-state index in [9.17, 15) is 18.4 Å². The number of benzene rings is 2. The number of halogens is 3. The van der Waals surface area contributed by atoms with Crippen LogP contribution in [0.4, 0.5) is 24.5 Å². The van der Waals surface area contributed by atoms with Crippen LogP contribution in [-0.2, 0) is 12.6 Å². The first-order valence-corrected chi connectivity index (χ1v) is 6.79. The summed E-state index contributed by atoms with van der Waals surface area (Å²) in [6.45, 7) is 0.184. The van der Waals surface area contributed by atoms with Gasteiger partial charge in [-0.1, -0.05) is 12.1 Å². The summed E-state index contributed by atoms with van der Waals surface area (Å²) in [5.74, 6) is 0.506. The first kappa shape index (κ1) is 14.9. The lowest BCUT2D eigenvalue weighted by molar-refractivity contribution is -0.137. The topological polar surface area (TPSA) is 32.3 Å². The summed E-state index contributed by atoms with van der Waals surface area (Å²) in [5.41, 5.74) is 0.390. The van der Waals surface area contributed by atoms with Gasteiger partial charge in [-0.25, -0.2) is 0 Å². The molecule has 0 aromatic heterocycles. The number of alkyl halides is 3. The minimum absolute atomic E-state index is 0.156. The zero-order chi connectivity index (χ0) is 16.0. The highest BCUT2D eigenvalue weighted by Gasteiger charge is 2.38. The molecule has 0 amide bonds. The molecule has 0 aliphatic carbocycles. The fourth-order valence-electron chi connectivity index (χ4n) is 2.79. The average molecular weight is 309 g/mol. The Morgan fingerprint density at radius 2 is 1.91 bits per heavy atom. The van der Waals surface area contributed by atoms with Crippen molar-refractivity contribution in [2.24, 2.45) is 0 Å². The standard InChI is InChI=1S/C16H14F3NO2/c1-22-14-4-2-3-13(10-14)20(21)8-7-11-5-6-12(9-15(11)20)16(17,18)19/h2-6,9-10H,7-8H2,1H3. The van der Waals surface area contributed by atoms with E-state index >= 15 is 0 Å². The Hall–Kier alpha value is -2.05. The molecule has 1 aliphatic rings. The van der Waals surface area contributed by atoms with Crippen molar-refractivity contribution < 1.29 is 17.9 Å². The largest absolute Gasteiger partial charge is 0.622 e. The molecular weight excluding hydrogens is 295 g/mol. The van der Waals surface area contributed by atoms with Gasteiger partial charge in [0.15, 0.2) is 0 Å². The second kappa shape index (κ2) is 5.00. The molecule has 2 aromatic rings. The number of nitrogens with zero attached hydrogens (tertiary/aromatic N) is 1. The fourth-order valence-corrected chi connectivity index (χ4v) is 2.79. The van der Waals surface area contributed by atoms with E-state index in [1.807, 2.05) is 0 Å². The van der Waals surface area contributed by atoms with Gasteiger partial charge in [0.1, 0.15) is 17.1 Å². The number of hydroxylamine groups is 1. The molecule has 0 radical (unpaired) electrons. The van der Waals surface area contributed by atoms with Crippen LogP contribution in [0.2, 0.25) is 0 Å².